The first-order chi connectivity index (χ1) is 9.51. The summed E-state index contributed by atoms with van der Waals surface area (Å²) in [6, 6.07) is 8.54. The van der Waals surface area contributed by atoms with Gasteiger partial charge in [0, 0.05) is 29.7 Å². The van der Waals surface area contributed by atoms with Crippen molar-refractivity contribution in [1.82, 2.24) is 4.98 Å². The number of sulfonamides is 1. The molecule has 0 saturated carbocycles. The topological polar surface area (TPSA) is 68.3 Å². The van der Waals surface area contributed by atoms with Crippen molar-refractivity contribution in [2.45, 2.75) is 11.5 Å². The van der Waals surface area contributed by atoms with Crippen molar-refractivity contribution < 1.29 is 13.2 Å². The lowest BCUT2D eigenvalue weighted by molar-refractivity contribution is 0.185. The highest BCUT2D eigenvalue weighted by Crippen LogP contribution is 2.19. The van der Waals surface area contributed by atoms with Crippen LogP contribution in [0.2, 0.25) is 0 Å². The first-order valence-electron chi connectivity index (χ1n) is 5.72. The van der Waals surface area contributed by atoms with Crippen molar-refractivity contribution >= 4 is 31.6 Å². The smallest absolute Gasteiger partial charge is 0.263 e. The van der Waals surface area contributed by atoms with E-state index in [1.54, 1.807) is 25.3 Å². The highest BCUT2D eigenvalue weighted by Gasteiger charge is 2.15. The van der Waals surface area contributed by atoms with Gasteiger partial charge in [0.15, 0.2) is 0 Å². The van der Waals surface area contributed by atoms with E-state index in [0.29, 0.717) is 16.8 Å². The number of hydrogen-bond acceptors (Lipinski definition) is 4. The van der Waals surface area contributed by atoms with Crippen LogP contribution in [0.5, 0.6) is 0 Å². The number of anilines is 1. The fraction of sp³-hybridized carbons (Fsp3) is 0.154. The summed E-state index contributed by atoms with van der Waals surface area (Å²) in [6.07, 6.45) is 2.82. The summed E-state index contributed by atoms with van der Waals surface area (Å²) in [5, 5.41) is 0. The Labute approximate surface area is 126 Å². The van der Waals surface area contributed by atoms with Crippen molar-refractivity contribution in [2.24, 2.45) is 0 Å². The van der Waals surface area contributed by atoms with Crippen molar-refractivity contribution in [3.8, 4) is 0 Å². The normalized spacial score (nSPS) is 11.3. The standard InChI is InChI=1S/C13H13BrN2O3S/c1-19-9-10-3-2-4-12(5-10)16-20(17,18)13-6-11(14)7-15-8-13/h2-8,16H,9H2,1H3. The van der Waals surface area contributed by atoms with Gasteiger partial charge in [-0.15, -0.1) is 0 Å². The molecule has 7 heteroatoms. The molecule has 0 fully saturated rings. The third-order valence-corrected chi connectivity index (χ3v) is 4.26. The third-order valence-electron chi connectivity index (χ3n) is 2.48. The van der Waals surface area contributed by atoms with Gasteiger partial charge in [0.2, 0.25) is 0 Å². The predicted octanol–water partition coefficient (Wildman–Crippen LogP) is 2.79. The molecule has 0 saturated heterocycles. The van der Waals surface area contributed by atoms with Gasteiger partial charge in [0.1, 0.15) is 4.90 Å². The summed E-state index contributed by atoms with van der Waals surface area (Å²) in [5.41, 5.74) is 1.37. The van der Waals surface area contributed by atoms with Crippen molar-refractivity contribution in [1.29, 1.82) is 0 Å². The van der Waals surface area contributed by atoms with Crippen LogP contribution >= 0.6 is 15.9 Å². The Morgan fingerprint density at radius 1 is 1.30 bits per heavy atom. The van der Waals surface area contributed by atoms with Gasteiger partial charge < -0.3 is 4.74 Å². The molecule has 5 nitrogen and oxygen atoms in total. The van der Waals surface area contributed by atoms with Crippen molar-refractivity contribution in [2.75, 3.05) is 11.8 Å². The monoisotopic (exact) mass is 356 g/mol. The second kappa shape index (κ2) is 6.34. The fourth-order valence-electron chi connectivity index (χ4n) is 1.64. The Kier molecular flexibility index (Phi) is 4.74. The first-order valence-corrected chi connectivity index (χ1v) is 8.00. The predicted molar refractivity (Wildman–Crippen MR) is 79.9 cm³/mol. The molecule has 0 unspecified atom stereocenters. The zero-order valence-corrected chi connectivity index (χ0v) is 13.1. The van der Waals surface area contributed by atoms with E-state index in [1.807, 2.05) is 6.07 Å². The third kappa shape index (κ3) is 3.78. The molecule has 2 rings (SSSR count). The largest absolute Gasteiger partial charge is 0.380 e. The van der Waals surface area contributed by atoms with Gasteiger partial charge in [-0.3, -0.25) is 9.71 Å². The molecule has 0 bridgehead atoms. The lowest BCUT2D eigenvalue weighted by atomic mass is 10.2. The van der Waals surface area contributed by atoms with Gasteiger partial charge in [-0.05, 0) is 39.7 Å². The van der Waals surface area contributed by atoms with Gasteiger partial charge in [-0.1, -0.05) is 12.1 Å². The van der Waals surface area contributed by atoms with Crippen LogP contribution in [0.3, 0.4) is 0 Å². The minimum atomic E-state index is -3.65. The Bertz CT molecular complexity index is 704. The SMILES string of the molecule is COCc1cccc(NS(=O)(=O)c2cncc(Br)c2)c1. The molecule has 0 amide bonds. The number of nitrogens with one attached hydrogen (secondary N) is 1. The number of ether oxygens (including phenoxy) is 1. The summed E-state index contributed by atoms with van der Waals surface area (Å²) >= 11 is 3.20. The van der Waals surface area contributed by atoms with E-state index in [9.17, 15) is 8.42 Å². The molecule has 1 aromatic heterocycles. The van der Waals surface area contributed by atoms with Gasteiger partial charge in [0.05, 0.1) is 6.61 Å². The molecular weight excluding hydrogens is 344 g/mol. The number of methoxy groups -OCH3 is 1. The molecular formula is C13H13BrN2O3S. The number of hydrogen-bond donors (Lipinski definition) is 1. The lowest BCUT2D eigenvalue weighted by Gasteiger charge is -2.09. The molecule has 1 aromatic carbocycles. The van der Waals surface area contributed by atoms with Crippen LogP contribution in [0.1, 0.15) is 5.56 Å². The van der Waals surface area contributed by atoms with E-state index in [0.717, 1.165) is 5.56 Å². The number of aromatic nitrogens is 1. The zero-order valence-electron chi connectivity index (χ0n) is 10.7. The molecule has 106 valence electrons. The lowest BCUT2D eigenvalue weighted by Crippen LogP contribution is -2.13. The maximum Gasteiger partial charge on any atom is 0.263 e. The summed E-state index contributed by atoms with van der Waals surface area (Å²) in [4.78, 5) is 3.95. The zero-order chi connectivity index (χ0) is 14.6. The summed E-state index contributed by atoms with van der Waals surface area (Å²) in [5.74, 6) is 0. The second-order valence-corrected chi connectivity index (χ2v) is 6.68. The average molecular weight is 357 g/mol. The van der Waals surface area contributed by atoms with E-state index in [4.69, 9.17) is 4.74 Å². The van der Waals surface area contributed by atoms with E-state index in [1.165, 1.54) is 18.5 Å². The van der Waals surface area contributed by atoms with Crippen molar-refractivity contribution in [3.05, 3.63) is 52.8 Å². The van der Waals surface area contributed by atoms with Crippen LogP contribution in [-0.4, -0.2) is 20.5 Å². The Hall–Kier alpha value is -1.44. The van der Waals surface area contributed by atoms with E-state index < -0.39 is 10.0 Å². The van der Waals surface area contributed by atoms with Gasteiger partial charge in [-0.2, -0.15) is 0 Å². The fourth-order valence-corrected chi connectivity index (χ4v) is 3.20. The Morgan fingerprint density at radius 2 is 2.10 bits per heavy atom. The van der Waals surface area contributed by atoms with Gasteiger partial charge >= 0.3 is 0 Å². The summed E-state index contributed by atoms with van der Waals surface area (Å²) < 4.78 is 32.6. The Balaban J connectivity index is 2.26. The molecule has 1 N–H and O–H groups in total. The van der Waals surface area contributed by atoms with E-state index in [-0.39, 0.29) is 4.90 Å². The van der Waals surface area contributed by atoms with Crippen LogP contribution in [0.4, 0.5) is 5.69 Å². The van der Waals surface area contributed by atoms with Crippen LogP contribution in [0.25, 0.3) is 0 Å². The maximum atomic E-state index is 12.2. The highest BCUT2D eigenvalue weighted by molar-refractivity contribution is 9.10. The average Bonchev–Trinajstić information content (AvgIpc) is 2.39. The number of rotatable bonds is 5. The number of nitrogens with zero attached hydrogens (tertiary/aromatic N) is 1. The molecule has 2 aromatic rings. The van der Waals surface area contributed by atoms with Crippen LogP contribution in [0.15, 0.2) is 52.1 Å². The first kappa shape index (κ1) is 15.0. The number of benzene rings is 1. The minimum Gasteiger partial charge on any atom is -0.380 e. The minimum absolute atomic E-state index is 0.101. The molecule has 0 aliphatic rings. The number of pyridine rings is 1. The van der Waals surface area contributed by atoms with Crippen LogP contribution < -0.4 is 4.72 Å². The molecule has 0 atom stereocenters. The van der Waals surface area contributed by atoms with Crippen molar-refractivity contribution in [3.63, 3.8) is 0 Å². The quantitative estimate of drug-likeness (QED) is 0.894. The molecule has 1 heterocycles. The molecule has 0 aliphatic heterocycles. The maximum absolute atomic E-state index is 12.2. The van der Waals surface area contributed by atoms with Crippen LogP contribution in [0, 0.1) is 0 Å². The van der Waals surface area contributed by atoms with Crippen LogP contribution in [-0.2, 0) is 21.4 Å². The molecule has 0 spiro atoms. The van der Waals surface area contributed by atoms with E-state index in [2.05, 4.69) is 25.6 Å². The molecule has 0 aliphatic carbocycles. The second-order valence-electron chi connectivity index (χ2n) is 4.08. The van der Waals surface area contributed by atoms with E-state index >= 15 is 0 Å². The molecule has 20 heavy (non-hydrogen) atoms. The highest BCUT2D eigenvalue weighted by atomic mass is 79.9. The molecule has 0 radical (unpaired) electrons. The van der Waals surface area contributed by atoms with Gasteiger partial charge in [0.25, 0.3) is 10.0 Å². The summed E-state index contributed by atoms with van der Waals surface area (Å²) in [7, 11) is -2.06. The number of halogens is 1. The van der Waals surface area contributed by atoms with Gasteiger partial charge in [-0.25, -0.2) is 8.42 Å². The Morgan fingerprint density at radius 3 is 2.80 bits per heavy atom. The summed E-state index contributed by atoms with van der Waals surface area (Å²) in [6.45, 7) is 0.425.